The van der Waals surface area contributed by atoms with Gasteiger partial charge in [0, 0.05) is 10.0 Å². The van der Waals surface area contributed by atoms with Gasteiger partial charge in [0.1, 0.15) is 18.1 Å². The van der Waals surface area contributed by atoms with E-state index in [0.717, 1.165) is 23.1 Å². The van der Waals surface area contributed by atoms with E-state index in [2.05, 4.69) is 65.4 Å². The van der Waals surface area contributed by atoms with Crippen molar-refractivity contribution < 1.29 is 4.90 Å². The third-order valence-corrected chi connectivity index (χ3v) is 4.78. The summed E-state index contributed by atoms with van der Waals surface area (Å²) >= 11 is 5.27. The molecule has 0 fully saturated rings. The van der Waals surface area contributed by atoms with Crippen LogP contribution in [0.5, 0.6) is 0 Å². The van der Waals surface area contributed by atoms with Crippen LogP contribution in [0.4, 0.5) is 0 Å². The van der Waals surface area contributed by atoms with Crippen molar-refractivity contribution in [3.8, 4) is 0 Å². The predicted molar refractivity (Wildman–Crippen MR) is 88.1 cm³/mol. The number of benzene rings is 2. The Hall–Kier alpha value is -1.23. The Morgan fingerprint density at radius 3 is 2.55 bits per heavy atom. The topological polar surface area (TPSA) is 17.3 Å². The van der Waals surface area contributed by atoms with Gasteiger partial charge in [-0.2, -0.15) is 0 Å². The Morgan fingerprint density at radius 2 is 1.80 bits per heavy atom. The molecule has 4 heteroatoms. The molecule has 1 N–H and O–H groups in total. The van der Waals surface area contributed by atoms with Crippen LogP contribution in [-0.4, -0.2) is 12.0 Å². The molecule has 1 unspecified atom stereocenters. The van der Waals surface area contributed by atoms with Crippen LogP contribution < -0.4 is 4.90 Å². The number of nitrogens with one attached hydrogen (secondary N) is 1. The van der Waals surface area contributed by atoms with Gasteiger partial charge in [0.2, 0.25) is 0 Å². The first kappa shape index (κ1) is 13.7. The summed E-state index contributed by atoms with van der Waals surface area (Å²) < 4.78 is 2.41. The van der Waals surface area contributed by atoms with Crippen molar-refractivity contribution in [2.75, 3.05) is 7.05 Å². The first-order valence-electron chi connectivity index (χ1n) is 6.61. The average molecular weight is 348 g/mol. The van der Waals surface area contributed by atoms with E-state index < -0.39 is 0 Å². The van der Waals surface area contributed by atoms with E-state index in [9.17, 15) is 0 Å². The molecule has 3 aromatic rings. The molecule has 2 aromatic carbocycles. The molecule has 3 rings (SSSR count). The smallest absolute Gasteiger partial charge is 0.148 e. The van der Waals surface area contributed by atoms with Crippen LogP contribution in [0.25, 0.3) is 10.2 Å². The number of rotatable bonds is 4. The van der Waals surface area contributed by atoms with Gasteiger partial charge in [0.25, 0.3) is 0 Å². The van der Waals surface area contributed by atoms with E-state index in [0.29, 0.717) is 0 Å². The third-order valence-electron chi connectivity index (χ3n) is 3.21. The van der Waals surface area contributed by atoms with Gasteiger partial charge < -0.3 is 4.90 Å². The van der Waals surface area contributed by atoms with Crippen LogP contribution in [-0.2, 0) is 13.1 Å². The fraction of sp³-hybridized carbons (Fsp3) is 0.188. The van der Waals surface area contributed by atoms with Crippen molar-refractivity contribution in [1.29, 1.82) is 0 Å². The van der Waals surface area contributed by atoms with E-state index in [1.165, 1.54) is 20.2 Å². The van der Waals surface area contributed by atoms with Crippen molar-refractivity contribution in [2.24, 2.45) is 0 Å². The zero-order valence-corrected chi connectivity index (χ0v) is 13.7. The zero-order chi connectivity index (χ0) is 13.9. The largest absolute Gasteiger partial charge is 0.328 e. The second-order valence-corrected chi connectivity index (χ2v) is 7.04. The molecule has 2 nitrogen and oxygen atoms in total. The summed E-state index contributed by atoms with van der Waals surface area (Å²) in [7, 11) is 2.22. The maximum Gasteiger partial charge on any atom is 0.148 e. The Morgan fingerprint density at radius 1 is 1.05 bits per heavy atom. The number of hydrogen-bond acceptors (Lipinski definition) is 2. The summed E-state index contributed by atoms with van der Waals surface area (Å²) in [4.78, 5) is 6.15. The molecule has 1 atom stereocenters. The molecule has 0 aliphatic heterocycles. The van der Waals surface area contributed by atoms with E-state index >= 15 is 0 Å². The van der Waals surface area contributed by atoms with Gasteiger partial charge in [0.15, 0.2) is 0 Å². The first-order valence-corrected chi connectivity index (χ1v) is 8.22. The fourth-order valence-corrected chi connectivity index (χ4v) is 3.61. The molecule has 0 aliphatic rings. The lowest BCUT2D eigenvalue weighted by Gasteiger charge is -2.12. The van der Waals surface area contributed by atoms with Crippen LogP contribution in [0, 0.1) is 0 Å². The van der Waals surface area contributed by atoms with Crippen LogP contribution in [0.15, 0.2) is 53.0 Å². The molecule has 0 radical (unpaired) electrons. The molecule has 0 saturated carbocycles. The van der Waals surface area contributed by atoms with Gasteiger partial charge in [-0.1, -0.05) is 40.2 Å². The minimum Gasteiger partial charge on any atom is -0.328 e. The molecule has 20 heavy (non-hydrogen) atoms. The second-order valence-electron chi connectivity index (χ2n) is 5.01. The highest BCUT2D eigenvalue weighted by Crippen LogP contribution is 2.20. The third kappa shape index (κ3) is 3.26. The van der Waals surface area contributed by atoms with Gasteiger partial charge in [-0.15, -0.1) is 11.3 Å². The summed E-state index contributed by atoms with van der Waals surface area (Å²) in [5.74, 6) is 0. The standard InChI is InChI=1S/C16H15BrN2S/c1-19(10-12-6-8-13(17)9-7-12)11-16-18-14-4-2-3-5-15(14)20-16/h2-9H,10-11H2,1H3/p+1. The van der Waals surface area contributed by atoms with Gasteiger partial charge in [-0.3, -0.25) is 0 Å². The lowest BCUT2D eigenvalue weighted by atomic mass is 10.2. The monoisotopic (exact) mass is 347 g/mol. The maximum atomic E-state index is 4.70. The van der Waals surface area contributed by atoms with Crippen molar-refractivity contribution in [3.63, 3.8) is 0 Å². The Labute approximate surface area is 131 Å². The number of aromatic nitrogens is 1. The van der Waals surface area contributed by atoms with Crippen molar-refractivity contribution in [2.45, 2.75) is 13.1 Å². The molecular weight excluding hydrogens is 332 g/mol. The summed E-state index contributed by atoms with van der Waals surface area (Å²) in [6.07, 6.45) is 0. The van der Waals surface area contributed by atoms with E-state index in [-0.39, 0.29) is 0 Å². The van der Waals surface area contributed by atoms with Crippen molar-refractivity contribution in [3.05, 3.63) is 63.6 Å². The summed E-state index contributed by atoms with van der Waals surface area (Å²) in [5.41, 5.74) is 2.47. The highest BCUT2D eigenvalue weighted by Gasteiger charge is 2.09. The maximum absolute atomic E-state index is 4.70. The highest BCUT2D eigenvalue weighted by atomic mass is 79.9. The number of thiazole rings is 1. The second kappa shape index (κ2) is 6.04. The summed E-state index contributed by atoms with van der Waals surface area (Å²) in [6.45, 7) is 1.98. The Kier molecular flexibility index (Phi) is 4.15. The minimum atomic E-state index is 0.968. The number of quaternary nitrogens is 1. The zero-order valence-electron chi connectivity index (χ0n) is 11.3. The van der Waals surface area contributed by atoms with Crippen molar-refractivity contribution in [1.82, 2.24) is 4.98 Å². The molecule has 0 amide bonds. The summed E-state index contributed by atoms with van der Waals surface area (Å²) in [5, 5.41) is 1.21. The first-order chi connectivity index (χ1) is 9.70. The molecular formula is C16H16BrN2S+. The van der Waals surface area contributed by atoms with E-state index in [1.807, 2.05) is 6.07 Å². The molecule has 1 aromatic heterocycles. The molecule has 1 heterocycles. The van der Waals surface area contributed by atoms with Gasteiger partial charge in [0.05, 0.1) is 17.3 Å². The van der Waals surface area contributed by atoms with Crippen LogP contribution >= 0.6 is 27.3 Å². The lowest BCUT2D eigenvalue weighted by molar-refractivity contribution is -0.907. The fourth-order valence-electron chi connectivity index (χ4n) is 2.27. The number of hydrogen-bond donors (Lipinski definition) is 1. The van der Waals surface area contributed by atoms with Crippen LogP contribution in [0.1, 0.15) is 10.6 Å². The van der Waals surface area contributed by atoms with Crippen LogP contribution in [0.2, 0.25) is 0 Å². The number of nitrogens with zero attached hydrogens (tertiary/aromatic N) is 1. The van der Waals surface area contributed by atoms with Crippen LogP contribution in [0.3, 0.4) is 0 Å². The molecule has 0 aliphatic carbocycles. The van der Waals surface area contributed by atoms with E-state index in [4.69, 9.17) is 4.98 Å². The van der Waals surface area contributed by atoms with E-state index in [1.54, 1.807) is 11.3 Å². The Bertz CT molecular complexity index is 673. The summed E-state index contributed by atoms with van der Waals surface area (Å²) in [6, 6.07) is 16.9. The quantitative estimate of drug-likeness (QED) is 0.766. The normalized spacial score (nSPS) is 12.7. The lowest BCUT2D eigenvalue weighted by Crippen LogP contribution is -3.06. The Balaban J connectivity index is 1.69. The number of fused-ring (bicyclic) bond motifs is 1. The predicted octanol–water partition coefficient (Wildman–Crippen LogP) is 3.27. The number of halogens is 1. The molecule has 102 valence electrons. The van der Waals surface area contributed by atoms with Gasteiger partial charge in [-0.05, 0) is 24.3 Å². The highest BCUT2D eigenvalue weighted by molar-refractivity contribution is 9.10. The van der Waals surface area contributed by atoms with Crippen molar-refractivity contribution >= 4 is 37.5 Å². The van der Waals surface area contributed by atoms with Gasteiger partial charge in [-0.25, -0.2) is 4.98 Å². The molecule has 0 bridgehead atoms. The molecule has 0 saturated heterocycles. The minimum absolute atomic E-state index is 0.968. The average Bonchev–Trinajstić information content (AvgIpc) is 2.83. The number of para-hydroxylation sites is 1. The van der Waals surface area contributed by atoms with Gasteiger partial charge >= 0.3 is 0 Å². The molecule has 0 spiro atoms. The SMILES string of the molecule is C[NH+](Cc1ccc(Br)cc1)Cc1nc2ccccc2s1.